The van der Waals surface area contributed by atoms with Gasteiger partial charge in [0.15, 0.2) is 0 Å². The highest BCUT2D eigenvalue weighted by molar-refractivity contribution is 6.31. The molecule has 5 heteroatoms. The van der Waals surface area contributed by atoms with Crippen molar-refractivity contribution in [3.8, 4) is 5.88 Å². The van der Waals surface area contributed by atoms with E-state index in [4.69, 9.17) is 16.3 Å². The lowest BCUT2D eigenvalue weighted by Crippen LogP contribution is -2.04. The molecule has 0 fully saturated rings. The highest BCUT2D eigenvalue weighted by atomic mass is 35.5. The first-order valence-electron chi connectivity index (χ1n) is 6.21. The molecule has 0 saturated carbocycles. The van der Waals surface area contributed by atoms with E-state index in [1.54, 1.807) is 6.07 Å². The molecule has 0 saturated heterocycles. The third-order valence-electron chi connectivity index (χ3n) is 2.53. The molecule has 0 aliphatic rings. The monoisotopic (exact) mass is 277 g/mol. The number of nitrogens with zero attached hydrogens (tertiary/aromatic N) is 2. The highest BCUT2D eigenvalue weighted by Gasteiger charge is 2.02. The van der Waals surface area contributed by atoms with Crippen LogP contribution in [0.1, 0.15) is 18.9 Å². The quantitative estimate of drug-likeness (QED) is 0.877. The Hall–Kier alpha value is -1.81. The Bertz CT molecular complexity index is 534. The largest absolute Gasteiger partial charge is 0.473 e. The second-order valence-corrected chi connectivity index (χ2v) is 4.46. The number of halogens is 1. The van der Waals surface area contributed by atoms with Crippen molar-refractivity contribution in [1.82, 2.24) is 9.97 Å². The average molecular weight is 278 g/mol. The molecule has 0 radical (unpaired) electrons. The smallest absolute Gasteiger partial charge is 0.218 e. The van der Waals surface area contributed by atoms with Gasteiger partial charge in [-0.1, -0.05) is 36.7 Å². The summed E-state index contributed by atoms with van der Waals surface area (Å²) in [5, 5.41) is 3.88. The summed E-state index contributed by atoms with van der Waals surface area (Å²) in [6.07, 6.45) is 2.53. The summed E-state index contributed by atoms with van der Waals surface area (Å²) in [6, 6.07) is 9.38. The summed E-state index contributed by atoms with van der Waals surface area (Å²) in [6.45, 7) is 3.37. The lowest BCUT2D eigenvalue weighted by Gasteiger charge is -2.08. The maximum absolute atomic E-state index is 6.07. The van der Waals surface area contributed by atoms with Crippen molar-refractivity contribution >= 4 is 17.4 Å². The van der Waals surface area contributed by atoms with Gasteiger partial charge in [0.2, 0.25) is 5.88 Å². The molecule has 2 rings (SSSR count). The predicted molar refractivity (Wildman–Crippen MR) is 76.6 cm³/mol. The number of nitrogens with one attached hydrogen (secondary N) is 1. The average Bonchev–Trinajstić information content (AvgIpc) is 2.45. The Kier molecular flexibility index (Phi) is 4.98. The van der Waals surface area contributed by atoms with Crippen molar-refractivity contribution < 1.29 is 4.74 Å². The summed E-state index contributed by atoms with van der Waals surface area (Å²) >= 11 is 6.07. The predicted octanol–water partition coefficient (Wildman–Crippen LogP) is 3.53. The molecule has 0 aliphatic heterocycles. The zero-order chi connectivity index (χ0) is 13.5. The van der Waals surface area contributed by atoms with Crippen LogP contribution in [0.3, 0.4) is 0 Å². The van der Waals surface area contributed by atoms with Gasteiger partial charge in [-0.15, -0.1) is 0 Å². The summed E-state index contributed by atoms with van der Waals surface area (Å²) in [7, 11) is 0. The second-order valence-electron chi connectivity index (χ2n) is 4.05. The van der Waals surface area contributed by atoms with E-state index >= 15 is 0 Å². The highest BCUT2D eigenvalue weighted by Crippen LogP contribution is 2.18. The van der Waals surface area contributed by atoms with Gasteiger partial charge in [-0.25, -0.2) is 9.97 Å². The first-order chi connectivity index (χ1) is 9.29. The minimum atomic E-state index is 0.393. The molecule has 0 atom stereocenters. The van der Waals surface area contributed by atoms with E-state index in [9.17, 15) is 0 Å². The Morgan fingerprint density at radius 1 is 1.26 bits per heavy atom. The van der Waals surface area contributed by atoms with Crippen LogP contribution in [0.5, 0.6) is 5.88 Å². The molecular formula is C14H16ClN3O. The van der Waals surface area contributed by atoms with E-state index in [1.165, 1.54) is 6.33 Å². The number of hydrogen-bond donors (Lipinski definition) is 1. The van der Waals surface area contributed by atoms with Gasteiger partial charge in [-0.05, 0) is 12.5 Å². The molecule has 100 valence electrons. The lowest BCUT2D eigenvalue weighted by atomic mass is 10.2. The first-order valence-corrected chi connectivity index (χ1v) is 6.59. The van der Waals surface area contributed by atoms with Crippen LogP contribution < -0.4 is 10.1 Å². The maximum Gasteiger partial charge on any atom is 0.218 e. The Balaban J connectivity index is 1.98. The van der Waals surface area contributed by atoms with E-state index in [-0.39, 0.29) is 0 Å². The van der Waals surface area contributed by atoms with Gasteiger partial charge in [0.25, 0.3) is 0 Å². The Morgan fingerprint density at radius 3 is 2.89 bits per heavy atom. The molecule has 1 aromatic carbocycles. The van der Waals surface area contributed by atoms with Crippen LogP contribution in [0.2, 0.25) is 5.02 Å². The third kappa shape index (κ3) is 4.10. The second kappa shape index (κ2) is 6.95. The zero-order valence-electron chi connectivity index (χ0n) is 10.8. The zero-order valence-corrected chi connectivity index (χ0v) is 11.5. The minimum Gasteiger partial charge on any atom is -0.473 e. The van der Waals surface area contributed by atoms with Crippen molar-refractivity contribution in [1.29, 1.82) is 0 Å². The lowest BCUT2D eigenvalue weighted by molar-refractivity contribution is 0.293. The molecule has 1 N–H and O–H groups in total. The van der Waals surface area contributed by atoms with Crippen LogP contribution >= 0.6 is 11.6 Å². The van der Waals surface area contributed by atoms with Crippen molar-refractivity contribution in [3.05, 3.63) is 47.2 Å². The summed E-state index contributed by atoms with van der Waals surface area (Å²) in [5.74, 6) is 1.31. The van der Waals surface area contributed by atoms with Crippen molar-refractivity contribution in [2.75, 3.05) is 11.9 Å². The third-order valence-corrected chi connectivity index (χ3v) is 2.90. The summed E-state index contributed by atoms with van der Waals surface area (Å²) < 4.78 is 5.62. The number of benzene rings is 1. The van der Waals surface area contributed by atoms with Crippen molar-refractivity contribution in [3.63, 3.8) is 0 Å². The molecule has 4 nitrogen and oxygen atoms in total. The van der Waals surface area contributed by atoms with Crippen LogP contribution in [-0.4, -0.2) is 16.5 Å². The van der Waals surface area contributed by atoms with E-state index < -0.39 is 0 Å². The number of rotatable bonds is 6. The normalized spacial score (nSPS) is 10.2. The molecule has 1 aromatic heterocycles. The van der Waals surface area contributed by atoms with Gasteiger partial charge >= 0.3 is 0 Å². The molecule has 0 unspecified atom stereocenters. The standard InChI is InChI=1S/C14H16ClN3O/c1-2-7-16-13-8-14(18-10-17-13)19-9-11-5-3-4-6-12(11)15/h3-6,8,10H,2,7,9H2,1H3,(H,16,17,18). The number of anilines is 1. The van der Waals surface area contributed by atoms with Gasteiger partial charge in [-0.3, -0.25) is 0 Å². The van der Waals surface area contributed by atoms with Crippen LogP contribution in [0.25, 0.3) is 0 Å². The van der Waals surface area contributed by atoms with Gasteiger partial charge in [0.1, 0.15) is 18.8 Å². The fourth-order valence-electron chi connectivity index (χ4n) is 1.54. The molecule has 0 bridgehead atoms. The van der Waals surface area contributed by atoms with Crippen LogP contribution in [0, 0.1) is 0 Å². The molecule has 0 aliphatic carbocycles. The molecule has 1 heterocycles. The van der Waals surface area contributed by atoms with Gasteiger partial charge in [0.05, 0.1) is 0 Å². The molecule has 2 aromatic rings. The van der Waals surface area contributed by atoms with Crippen molar-refractivity contribution in [2.45, 2.75) is 20.0 Å². The van der Waals surface area contributed by atoms with Crippen molar-refractivity contribution in [2.24, 2.45) is 0 Å². The molecule has 19 heavy (non-hydrogen) atoms. The molecular weight excluding hydrogens is 262 g/mol. The summed E-state index contributed by atoms with van der Waals surface area (Å²) in [4.78, 5) is 8.20. The minimum absolute atomic E-state index is 0.393. The Labute approximate surface area is 117 Å². The maximum atomic E-state index is 6.07. The number of aromatic nitrogens is 2. The fourth-order valence-corrected chi connectivity index (χ4v) is 1.73. The fraction of sp³-hybridized carbons (Fsp3) is 0.286. The van der Waals surface area contributed by atoms with Gasteiger partial charge < -0.3 is 10.1 Å². The van der Waals surface area contributed by atoms with Gasteiger partial charge in [-0.2, -0.15) is 0 Å². The van der Waals surface area contributed by atoms with Crippen LogP contribution in [-0.2, 0) is 6.61 Å². The first kappa shape index (κ1) is 13.6. The van der Waals surface area contributed by atoms with Crippen LogP contribution in [0.15, 0.2) is 36.7 Å². The van der Waals surface area contributed by atoms with Crippen LogP contribution in [0.4, 0.5) is 5.82 Å². The topological polar surface area (TPSA) is 47.0 Å². The number of ether oxygens (including phenoxy) is 1. The SMILES string of the molecule is CCCNc1cc(OCc2ccccc2Cl)ncn1. The Morgan fingerprint density at radius 2 is 2.11 bits per heavy atom. The van der Waals surface area contributed by atoms with Gasteiger partial charge in [0, 0.05) is 23.2 Å². The van der Waals surface area contributed by atoms with E-state index in [0.717, 1.165) is 24.3 Å². The van der Waals surface area contributed by atoms with E-state index in [0.29, 0.717) is 17.5 Å². The summed E-state index contributed by atoms with van der Waals surface area (Å²) in [5.41, 5.74) is 0.936. The van der Waals surface area contributed by atoms with E-state index in [1.807, 2.05) is 24.3 Å². The molecule has 0 amide bonds. The molecule has 0 spiro atoms. The van der Waals surface area contributed by atoms with E-state index in [2.05, 4.69) is 22.2 Å². The number of hydrogen-bond acceptors (Lipinski definition) is 4.